The summed E-state index contributed by atoms with van der Waals surface area (Å²) in [6.07, 6.45) is 1.55. The van der Waals surface area contributed by atoms with Gasteiger partial charge in [0.15, 0.2) is 11.2 Å². The Morgan fingerprint density at radius 1 is 1.42 bits per heavy atom. The number of aromatic amines is 1. The van der Waals surface area contributed by atoms with Gasteiger partial charge in [0.2, 0.25) is 5.95 Å². The van der Waals surface area contributed by atoms with Crippen LogP contribution in [0.15, 0.2) is 51.1 Å². The second-order valence-electron chi connectivity index (χ2n) is 5.86. The van der Waals surface area contributed by atoms with Gasteiger partial charge in [-0.1, -0.05) is 42.0 Å². The van der Waals surface area contributed by atoms with Gasteiger partial charge in [0, 0.05) is 24.2 Å². The molecule has 0 spiro atoms. The molecule has 0 unspecified atom stereocenters. The molecule has 2 N–H and O–H groups in total. The van der Waals surface area contributed by atoms with Crippen LogP contribution in [0.5, 0.6) is 0 Å². The summed E-state index contributed by atoms with van der Waals surface area (Å²) in [4.78, 5) is 30.7. The minimum atomic E-state index is -0.534. The Hall–Kier alpha value is -3.13. The number of fused-ring (bicyclic) bond motifs is 1. The summed E-state index contributed by atoms with van der Waals surface area (Å²) in [5, 5.41) is 4.71. The van der Waals surface area contributed by atoms with Crippen LogP contribution in [0.2, 0.25) is 5.02 Å². The number of hydrazone groups is 1. The number of hydrogen-bond acceptors (Lipinski definition) is 5. The Balaban J connectivity index is 2.07. The lowest BCUT2D eigenvalue weighted by Crippen LogP contribution is -2.29. The molecule has 0 radical (unpaired) electrons. The van der Waals surface area contributed by atoms with Crippen LogP contribution in [0.1, 0.15) is 12.5 Å². The zero-order valence-corrected chi connectivity index (χ0v) is 15.0. The van der Waals surface area contributed by atoms with E-state index in [9.17, 15) is 9.59 Å². The smallest absolute Gasteiger partial charge is 0.299 e. The molecule has 0 aliphatic rings. The second-order valence-corrected chi connectivity index (χ2v) is 6.27. The van der Waals surface area contributed by atoms with Crippen molar-refractivity contribution in [3.8, 4) is 0 Å². The van der Waals surface area contributed by atoms with Crippen molar-refractivity contribution in [2.45, 2.75) is 13.5 Å². The number of rotatable bonds is 5. The molecule has 0 bridgehead atoms. The number of halogens is 1. The first kappa shape index (κ1) is 17.7. The number of aromatic nitrogens is 4. The molecule has 0 saturated carbocycles. The number of benzene rings is 1. The van der Waals surface area contributed by atoms with Gasteiger partial charge in [-0.3, -0.25) is 18.9 Å². The minimum absolute atomic E-state index is 0.260. The second kappa shape index (κ2) is 7.01. The molecule has 2 heterocycles. The molecular weight excluding hydrogens is 356 g/mol. The standard InChI is InChI=1S/C17H17ClN6O2/c1-10(2)9-24-13-14(23(3)17(26)21-15(13)25)20-16(24)22-19-8-11-6-4-5-7-12(11)18/h4-8H,1,9H2,2-3H3,(H,20,22)(H,21,25,26). The summed E-state index contributed by atoms with van der Waals surface area (Å²) in [6.45, 7) is 6.06. The fourth-order valence-electron chi connectivity index (χ4n) is 2.48. The molecule has 1 aromatic carbocycles. The van der Waals surface area contributed by atoms with E-state index in [0.29, 0.717) is 17.5 Å². The predicted molar refractivity (Wildman–Crippen MR) is 103 cm³/mol. The average Bonchev–Trinajstić information content (AvgIpc) is 2.93. The first-order valence-electron chi connectivity index (χ1n) is 7.76. The van der Waals surface area contributed by atoms with Crippen molar-refractivity contribution in [1.82, 2.24) is 19.1 Å². The van der Waals surface area contributed by atoms with Gasteiger partial charge in [0.05, 0.1) is 6.21 Å². The Morgan fingerprint density at radius 3 is 2.85 bits per heavy atom. The Bertz CT molecular complexity index is 1140. The third-order valence-corrected chi connectivity index (χ3v) is 4.05. The zero-order valence-electron chi connectivity index (χ0n) is 14.3. The molecule has 0 aliphatic carbocycles. The SMILES string of the molecule is C=C(C)Cn1c(NN=Cc2ccccc2Cl)nc2c1c(=O)[nH]c(=O)n2C. The van der Waals surface area contributed by atoms with Crippen molar-refractivity contribution in [3.63, 3.8) is 0 Å². The maximum atomic E-state index is 12.3. The number of nitrogens with one attached hydrogen (secondary N) is 2. The number of H-pyrrole nitrogens is 1. The van der Waals surface area contributed by atoms with Gasteiger partial charge in [0.25, 0.3) is 5.56 Å². The Morgan fingerprint density at radius 2 is 2.15 bits per heavy atom. The fraction of sp³-hybridized carbons (Fsp3) is 0.176. The van der Waals surface area contributed by atoms with Crippen molar-refractivity contribution in [3.05, 3.63) is 67.8 Å². The van der Waals surface area contributed by atoms with Crippen LogP contribution in [0.25, 0.3) is 11.2 Å². The van der Waals surface area contributed by atoms with E-state index in [1.165, 1.54) is 11.6 Å². The highest BCUT2D eigenvalue weighted by Gasteiger charge is 2.17. The molecule has 26 heavy (non-hydrogen) atoms. The van der Waals surface area contributed by atoms with Crippen LogP contribution in [0.3, 0.4) is 0 Å². The molecular formula is C17H17ClN6O2. The van der Waals surface area contributed by atoms with Gasteiger partial charge in [0.1, 0.15) is 0 Å². The summed E-state index contributed by atoms with van der Waals surface area (Å²) in [7, 11) is 1.54. The third-order valence-electron chi connectivity index (χ3n) is 3.71. The van der Waals surface area contributed by atoms with E-state index in [2.05, 4.69) is 27.1 Å². The molecule has 0 aliphatic heterocycles. The molecule has 8 nitrogen and oxygen atoms in total. The monoisotopic (exact) mass is 372 g/mol. The van der Waals surface area contributed by atoms with E-state index in [4.69, 9.17) is 11.6 Å². The number of hydrogen-bond donors (Lipinski definition) is 2. The molecule has 0 fully saturated rings. The molecule has 134 valence electrons. The lowest BCUT2D eigenvalue weighted by Gasteiger charge is -2.07. The topological polar surface area (TPSA) is 97.1 Å². The van der Waals surface area contributed by atoms with Crippen LogP contribution in [-0.2, 0) is 13.6 Å². The predicted octanol–water partition coefficient (Wildman–Crippen LogP) is 2.10. The number of anilines is 1. The number of imidazole rings is 1. The lowest BCUT2D eigenvalue weighted by molar-refractivity contribution is 0.800. The van der Waals surface area contributed by atoms with E-state index in [-0.39, 0.29) is 11.2 Å². The molecule has 9 heteroatoms. The molecule has 3 aromatic rings. The quantitative estimate of drug-likeness (QED) is 0.407. The summed E-state index contributed by atoms with van der Waals surface area (Å²) >= 11 is 6.09. The largest absolute Gasteiger partial charge is 0.329 e. The highest BCUT2D eigenvalue weighted by Crippen LogP contribution is 2.17. The number of aryl methyl sites for hydroxylation is 1. The van der Waals surface area contributed by atoms with E-state index >= 15 is 0 Å². The fourth-order valence-corrected chi connectivity index (χ4v) is 2.67. The van der Waals surface area contributed by atoms with Gasteiger partial charge < -0.3 is 0 Å². The van der Waals surface area contributed by atoms with Gasteiger partial charge in [-0.05, 0) is 13.0 Å². The van der Waals surface area contributed by atoms with Crippen molar-refractivity contribution >= 4 is 34.9 Å². The summed E-state index contributed by atoms with van der Waals surface area (Å²) < 4.78 is 2.90. The van der Waals surface area contributed by atoms with E-state index < -0.39 is 11.2 Å². The van der Waals surface area contributed by atoms with Gasteiger partial charge in [-0.2, -0.15) is 10.1 Å². The highest BCUT2D eigenvalue weighted by molar-refractivity contribution is 6.33. The molecule has 0 atom stereocenters. The molecule has 3 rings (SSSR count). The van der Waals surface area contributed by atoms with Gasteiger partial charge in [-0.25, -0.2) is 10.2 Å². The normalized spacial score (nSPS) is 11.3. The number of allylic oxidation sites excluding steroid dienone is 1. The van der Waals surface area contributed by atoms with Crippen LogP contribution in [0.4, 0.5) is 5.95 Å². The molecule has 0 amide bonds. The zero-order chi connectivity index (χ0) is 18.8. The highest BCUT2D eigenvalue weighted by atomic mass is 35.5. The van der Waals surface area contributed by atoms with Crippen molar-refractivity contribution in [2.24, 2.45) is 12.1 Å². The summed E-state index contributed by atoms with van der Waals surface area (Å²) in [5.74, 6) is 0.318. The molecule has 0 saturated heterocycles. The van der Waals surface area contributed by atoms with Crippen LogP contribution < -0.4 is 16.7 Å². The molecule has 2 aromatic heterocycles. The van der Waals surface area contributed by atoms with Gasteiger partial charge >= 0.3 is 5.69 Å². The maximum absolute atomic E-state index is 12.3. The third kappa shape index (κ3) is 3.31. The van der Waals surface area contributed by atoms with E-state index in [1.54, 1.807) is 16.8 Å². The maximum Gasteiger partial charge on any atom is 0.329 e. The Labute approximate surface area is 153 Å². The van der Waals surface area contributed by atoms with Crippen molar-refractivity contribution in [1.29, 1.82) is 0 Å². The Kier molecular flexibility index (Phi) is 4.77. The van der Waals surface area contributed by atoms with E-state index in [1.807, 2.05) is 25.1 Å². The van der Waals surface area contributed by atoms with Crippen LogP contribution in [-0.4, -0.2) is 25.3 Å². The average molecular weight is 373 g/mol. The summed E-state index contributed by atoms with van der Waals surface area (Å²) in [5.41, 5.74) is 3.84. The van der Waals surface area contributed by atoms with Gasteiger partial charge in [-0.15, -0.1) is 0 Å². The van der Waals surface area contributed by atoms with Crippen molar-refractivity contribution in [2.75, 3.05) is 5.43 Å². The lowest BCUT2D eigenvalue weighted by atomic mass is 10.2. The first-order chi connectivity index (χ1) is 12.4. The van der Waals surface area contributed by atoms with E-state index in [0.717, 1.165) is 11.1 Å². The van der Waals surface area contributed by atoms with Crippen LogP contribution in [0, 0.1) is 0 Å². The van der Waals surface area contributed by atoms with Crippen LogP contribution >= 0.6 is 11.6 Å². The first-order valence-corrected chi connectivity index (χ1v) is 8.14. The number of nitrogens with zero attached hydrogens (tertiary/aromatic N) is 4. The summed E-state index contributed by atoms with van der Waals surface area (Å²) in [6, 6.07) is 7.25. The minimum Gasteiger partial charge on any atom is -0.299 e. The van der Waals surface area contributed by atoms with Crippen molar-refractivity contribution < 1.29 is 0 Å².